The van der Waals surface area contributed by atoms with Crippen molar-refractivity contribution in [2.45, 2.75) is 12.5 Å². The number of anilines is 1. The van der Waals surface area contributed by atoms with E-state index >= 15 is 0 Å². The first-order valence-electron chi connectivity index (χ1n) is 11.5. The fourth-order valence-corrected chi connectivity index (χ4v) is 4.32. The summed E-state index contributed by atoms with van der Waals surface area (Å²) in [4.78, 5) is 24.9. The number of oxazole rings is 1. The highest BCUT2D eigenvalue weighted by atomic mass is 35.5. The lowest BCUT2D eigenvalue weighted by molar-refractivity contribution is -0.125. The van der Waals surface area contributed by atoms with Gasteiger partial charge in [-0.25, -0.2) is 9.97 Å². The third-order valence-electron chi connectivity index (χ3n) is 5.83. The molecule has 4 aromatic rings. The van der Waals surface area contributed by atoms with E-state index in [0.29, 0.717) is 52.5 Å². The van der Waals surface area contributed by atoms with Crippen LogP contribution in [0, 0.1) is 0 Å². The number of amides is 1. The molecule has 1 amide bonds. The summed E-state index contributed by atoms with van der Waals surface area (Å²) in [5.41, 5.74) is 1.27. The quantitative estimate of drug-likeness (QED) is 0.341. The van der Waals surface area contributed by atoms with Crippen LogP contribution in [0.25, 0.3) is 22.5 Å². The number of likely N-dealkylation sites (tertiary alicyclic amines) is 1. The number of rotatable bonds is 8. The third kappa shape index (κ3) is 5.19. The Morgan fingerprint density at radius 1 is 1.33 bits per heavy atom. The SMILES string of the molecule is CN(C)C/C=C/C(=O)N1CCC(Nc2n[nH]c3nccc(Oc4ccc(-c5ncco5)c(Cl)c4)c23)C1. The zero-order chi connectivity index (χ0) is 25.1. The number of fused-ring (bicyclic) bond motifs is 1. The van der Waals surface area contributed by atoms with Crippen LogP contribution in [-0.4, -0.2) is 75.6 Å². The molecular formula is C25H26ClN7O3. The Morgan fingerprint density at radius 3 is 3.00 bits per heavy atom. The number of hydrogen-bond donors (Lipinski definition) is 2. The van der Waals surface area contributed by atoms with Crippen molar-refractivity contribution in [1.82, 2.24) is 30.0 Å². The Balaban J connectivity index is 1.31. The molecule has 10 nitrogen and oxygen atoms in total. The Bertz CT molecular complexity index is 1380. The smallest absolute Gasteiger partial charge is 0.246 e. The lowest BCUT2D eigenvalue weighted by atomic mass is 10.2. The number of likely N-dealkylation sites (N-methyl/N-ethyl adjacent to an activating group) is 1. The van der Waals surface area contributed by atoms with Crippen LogP contribution in [0.1, 0.15) is 6.42 Å². The average Bonchev–Trinajstić information content (AvgIpc) is 3.61. The Kier molecular flexibility index (Phi) is 6.88. The molecule has 0 saturated carbocycles. The molecule has 0 spiro atoms. The lowest BCUT2D eigenvalue weighted by Gasteiger charge is -2.16. The minimum absolute atomic E-state index is 0.0174. The van der Waals surface area contributed by atoms with Crippen molar-refractivity contribution in [2.24, 2.45) is 0 Å². The number of halogens is 1. The predicted octanol–water partition coefficient (Wildman–Crippen LogP) is 4.19. The fourth-order valence-electron chi connectivity index (χ4n) is 4.07. The molecule has 36 heavy (non-hydrogen) atoms. The van der Waals surface area contributed by atoms with Crippen LogP contribution in [0.4, 0.5) is 5.82 Å². The van der Waals surface area contributed by atoms with Crippen LogP contribution in [0.3, 0.4) is 0 Å². The molecule has 0 bridgehead atoms. The van der Waals surface area contributed by atoms with Gasteiger partial charge in [0.05, 0.1) is 16.8 Å². The van der Waals surface area contributed by atoms with Crippen LogP contribution >= 0.6 is 11.6 Å². The van der Waals surface area contributed by atoms with Gasteiger partial charge in [-0.2, -0.15) is 5.10 Å². The van der Waals surface area contributed by atoms with Gasteiger partial charge in [0.15, 0.2) is 11.5 Å². The van der Waals surface area contributed by atoms with Crippen LogP contribution in [0.15, 0.2) is 59.5 Å². The van der Waals surface area contributed by atoms with Crippen LogP contribution in [0.2, 0.25) is 5.02 Å². The van der Waals surface area contributed by atoms with Gasteiger partial charge < -0.3 is 24.3 Å². The summed E-state index contributed by atoms with van der Waals surface area (Å²) in [6.07, 6.45) is 9.05. The largest absolute Gasteiger partial charge is 0.456 e. The second-order valence-electron chi connectivity index (χ2n) is 8.76. The topological polar surface area (TPSA) is 112 Å². The minimum Gasteiger partial charge on any atom is -0.456 e. The van der Waals surface area contributed by atoms with Crippen molar-refractivity contribution in [2.75, 3.05) is 39.0 Å². The Morgan fingerprint density at radius 2 is 2.22 bits per heavy atom. The van der Waals surface area contributed by atoms with E-state index in [2.05, 4.69) is 25.5 Å². The molecule has 1 unspecified atom stereocenters. The van der Waals surface area contributed by atoms with E-state index in [9.17, 15) is 4.79 Å². The maximum Gasteiger partial charge on any atom is 0.246 e. The van der Waals surface area contributed by atoms with E-state index in [0.717, 1.165) is 18.4 Å². The summed E-state index contributed by atoms with van der Waals surface area (Å²) < 4.78 is 11.5. The number of ether oxygens (including phenoxy) is 1. The second-order valence-corrected chi connectivity index (χ2v) is 9.17. The maximum absolute atomic E-state index is 12.5. The number of H-pyrrole nitrogens is 1. The first kappa shape index (κ1) is 23.8. The van der Waals surface area contributed by atoms with Gasteiger partial charge in [-0.3, -0.25) is 9.89 Å². The van der Waals surface area contributed by atoms with E-state index in [1.54, 1.807) is 42.7 Å². The van der Waals surface area contributed by atoms with Crippen molar-refractivity contribution in [3.8, 4) is 23.0 Å². The Labute approximate surface area is 212 Å². The summed E-state index contributed by atoms with van der Waals surface area (Å²) in [5.74, 6) is 2.21. The molecule has 4 heterocycles. The van der Waals surface area contributed by atoms with Crippen molar-refractivity contribution in [3.05, 3.63) is 60.1 Å². The number of aromatic nitrogens is 4. The molecule has 1 aliphatic rings. The molecule has 1 saturated heterocycles. The van der Waals surface area contributed by atoms with Gasteiger partial charge in [-0.05, 0) is 32.6 Å². The van der Waals surface area contributed by atoms with Crippen LogP contribution < -0.4 is 10.1 Å². The summed E-state index contributed by atoms with van der Waals surface area (Å²) in [5, 5.41) is 12.0. The summed E-state index contributed by atoms with van der Waals surface area (Å²) in [7, 11) is 3.93. The predicted molar refractivity (Wildman–Crippen MR) is 137 cm³/mol. The molecular weight excluding hydrogens is 482 g/mol. The zero-order valence-corrected chi connectivity index (χ0v) is 20.7. The lowest BCUT2D eigenvalue weighted by Crippen LogP contribution is -2.30. The average molecular weight is 508 g/mol. The normalized spacial score (nSPS) is 15.9. The number of pyridine rings is 1. The molecule has 0 aliphatic carbocycles. The first-order chi connectivity index (χ1) is 17.5. The number of benzene rings is 1. The standard InChI is InChI=1S/C25H26ClN7O3/c1-32(2)11-3-4-21(34)33-12-8-16(15-33)29-24-22-20(7-9-27-23(22)30-31-24)36-17-5-6-18(19(26)14-17)25-28-10-13-35-25/h3-7,9-10,13-14,16H,8,11-12,15H2,1-2H3,(H2,27,29,30,31)/b4-3+. The van der Waals surface area contributed by atoms with Gasteiger partial charge in [0, 0.05) is 50.1 Å². The van der Waals surface area contributed by atoms with E-state index in [1.165, 1.54) is 6.26 Å². The van der Waals surface area contributed by atoms with Gasteiger partial charge in [-0.1, -0.05) is 17.7 Å². The zero-order valence-electron chi connectivity index (χ0n) is 19.9. The third-order valence-corrected chi connectivity index (χ3v) is 6.14. The first-order valence-corrected chi connectivity index (χ1v) is 11.9. The Hall–Kier alpha value is -3.89. The van der Waals surface area contributed by atoms with Gasteiger partial charge in [0.2, 0.25) is 11.8 Å². The molecule has 0 radical (unpaired) electrons. The summed E-state index contributed by atoms with van der Waals surface area (Å²) in [6, 6.07) is 7.15. The van der Waals surface area contributed by atoms with Crippen molar-refractivity contribution < 1.29 is 13.9 Å². The van der Waals surface area contributed by atoms with E-state index in [-0.39, 0.29) is 11.9 Å². The number of aromatic amines is 1. The molecule has 1 aromatic carbocycles. The van der Waals surface area contributed by atoms with E-state index < -0.39 is 0 Å². The number of carbonyl (C=O) groups is 1. The van der Waals surface area contributed by atoms with Gasteiger partial charge in [0.25, 0.3) is 0 Å². The van der Waals surface area contributed by atoms with Gasteiger partial charge in [-0.15, -0.1) is 0 Å². The molecule has 186 valence electrons. The highest BCUT2D eigenvalue weighted by molar-refractivity contribution is 6.33. The number of hydrogen-bond acceptors (Lipinski definition) is 8. The molecule has 2 N–H and O–H groups in total. The van der Waals surface area contributed by atoms with E-state index in [4.69, 9.17) is 20.8 Å². The minimum atomic E-state index is 0.0174. The summed E-state index contributed by atoms with van der Waals surface area (Å²) in [6.45, 7) is 2.00. The van der Waals surface area contributed by atoms with Crippen molar-refractivity contribution in [1.29, 1.82) is 0 Å². The van der Waals surface area contributed by atoms with Crippen LogP contribution in [0.5, 0.6) is 11.5 Å². The number of nitrogens with one attached hydrogen (secondary N) is 2. The maximum atomic E-state index is 12.5. The van der Waals surface area contributed by atoms with Crippen molar-refractivity contribution in [3.63, 3.8) is 0 Å². The monoisotopic (exact) mass is 507 g/mol. The van der Waals surface area contributed by atoms with Gasteiger partial charge >= 0.3 is 0 Å². The second kappa shape index (κ2) is 10.4. The molecule has 1 aliphatic heterocycles. The molecule has 3 aromatic heterocycles. The number of nitrogens with zero attached hydrogens (tertiary/aromatic N) is 5. The molecule has 11 heteroatoms. The van der Waals surface area contributed by atoms with Gasteiger partial charge in [0.1, 0.15) is 23.1 Å². The molecule has 1 atom stereocenters. The molecule has 5 rings (SSSR count). The fraction of sp³-hybridized carbons (Fsp3) is 0.280. The van der Waals surface area contributed by atoms with E-state index in [1.807, 2.05) is 30.0 Å². The highest BCUT2D eigenvalue weighted by Gasteiger charge is 2.26. The number of carbonyl (C=O) groups excluding carboxylic acids is 1. The van der Waals surface area contributed by atoms with Crippen molar-refractivity contribution >= 4 is 34.4 Å². The molecule has 1 fully saturated rings. The summed E-state index contributed by atoms with van der Waals surface area (Å²) >= 11 is 6.45. The van der Waals surface area contributed by atoms with Crippen LogP contribution in [-0.2, 0) is 4.79 Å². The highest BCUT2D eigenvalue weighted by Crippen LogP contribution is 2.36.